The molecule has 5 rings (SSSR count). The second-order valence-corrected chi connectivity index (χ2v) is 9.96. The van der Waals surface area contributed by atoms with Crippen LogP contribution >= 0.6 is 0 Å². The second-order valence-electron chi connectivity index (χ2n) is 9.96. The number of amides is 2. The second kappa shape index (κ2) is 13.5. The van der Waals surface area contributed by atoms with Crippen LogP contribution in [0.5, 0.6) is 5.75 Å². The van der Waals surface area contributed by atoms with Gasteiger partial charge in [-0.05, 0) is 53.9 Å². The van der Waals surface area contributed by atoms with E-state index < -0.39 is 0 Å². The van der Waals surface area contributed by atoms with E-state index in [1.54, 1.807) is 16.7 Å². The Bertz CT molecular complexity index is 1610. The number of carbonyl (C=O) groups excluding carboxylic acids is 2. The van der Waals surface area contributed by atoms with Gasteiger partial charge in [0.2, 0.25) is 5.91 Å². The predicted octanol–water partition coefficient (Wildman–Crippen LogP) is 7.10. The van der Waals surface area contributed by atoms with Crippen LogP contribution in [0.3, 0.4) is 0 Å². The number of aromatic nitrogens is 2. The van der Waals surface area contributed by atoms with Gasteiger partial charge >= 0.3 is 0 Å². The zero-order valence-electron chi connectivity index (χ0n) is 23.9. The molecule has 0 saturated heterocycles. The van der Waals surface area contributed by atoms with E-state index in [-0.39, 0.29) is 18.4 Å². The molecule has 0 bridgehead atoms. The van der Waals surface area contributed by atoms with Crippen LogP contribution in [-0.2, 0) is 4.79 Å². The van der Waals surface area contributed by atoms with Gasteiger partial charge in [-0.15, -0.1) is 0 Å². The van der Waals surface area contributed by atoms with Crippen molar-refractivity contribution in [1.29, 1.82) is 0 Å². The molecule has 1 heterocycles. The summed E-state index contributed by atoms with van der Waals surface area (Å²) in [6, 6.07) is 36.7. The van der Waals surface area contributed by atoms with Crippen LogP contribution < -0.4 is 10.1 Å². The summed E-state index contributed by atoms with van der Waals surface area (Å²) < 4.78 is 7.00. The van der Waals surface area contributed by atoms with Gasteiger partial charge in [-0.1, -0.05) is 86.1 Å². The summed E-state index contributed by atoms with van der Waals surface area (Å²) in [7, 11) is 1.62. The molecule has 0 atom stereocenters. The van der Waals surface area contributed by atoms with Gasteiger partial charge in [0.15, 0.2) is 0 Å². The number of carbonyl (C=O) groups is 2. The molecule has 0 fully saturated rings. The van der Waals surface area contributed by atoms with Crippen LogP contribution in [0.2, 0.25) is 0 Å². The number of hydrogen-bond donors (Lipinski definition) is 1. The van der Waals surface area contributed by atoms with Crippen LogP contribution in [0.25, 0.3) is 28.1 Å². The number of hydrogen-bond acceptors (Lipinski definition) is 4. The monoisotopic (exact) mass is 558 g/mol. The molecule has 7 heteroatoms. The van der Waals surface area contributed by atoms with Gasteiger partial charge in [0.1, 0.15) is 18.1 Å². The Morgan fingerprint density at radius 2 is 1.43 bits per heavy atom. The highest BCUT2D eigenvalue weighted by atomic mass is 16.5. The van der Waals surface area contributed by atoms with E-state index in [2.05, 4.69) is 12.2 Å². The van der Waals surface area contributed by atoms with E-state index in [1.165, 1.54) is 0 Å². The van der Waals surface area contributed by atoms with E-state index >= 15 is 0 Å². The molecule has 0 aliphatic rings. The molecule has 0 aliphatic heterocycles. The Labute approximate surface area is 246 Å². The fourth-order valence-electron chi connectivity index (χ4n) is 4.72. The summed E-state index contributed by atoms with van der Waals surface area (Å²) >= 11 is 0. The molecular weight excluding hydrogens is 524 g/mol. The van der Waals surface area contributed by atoms with Crippen molar-refractivity contribution in [3.8, 4) is 33.8 Å². The maximum atomic E-state index is 13.5. The van der Waals surface area contributed by atoms with E-state index in [4.69, 9.17) is 9.84 Å². The zero-order chi connectivity index (χ0) is 29.3. The van der Waals surface area contributed by atoms with Crippen molar-refractivity contribution in [1.82, 2.24) is 14.7 Å². The fourth-order valence-corrected chi connectivity index (χ4v) is 4.72. The first kappa shape index (κ1) is 28.4. The molecule has 0 unspecified atom stereocenters. The molecule has 42 heavy (non-hydrogen) atoms. The summed E-state index contributed by atoms with van der Waals surface area (Å²) in [4.78, 5) is 28.6. The molecule has 212 valence electrons. The fraction of sp³-hybridized carbons (Fsp3) is 0.171. The van der Waals surface area contributed by atoms with Crippen LogP contribution in [0.1, 0.15) is 30.1 Å². The summed E-state index contributed by atoms with van der Waals surface area (Å²) in [5.74, 6) is 0.766. The highest BCUT2D eigenvalue weighted by Crippen LogP contribution is 2.26. The van der Waals surface area contributed by atoms with Gasteiger partial charge < -0.3 is 15.0 Å². The molecule has 4 aromatic carbocycles. The Kier molecular flexibility index (Phi) is 9.09. The summed E-state index contributed by atoms with van der Waals surface area (Å²) in [6.45, 7) is 2.47. The number of nitrogens with zero attached hydrogens (tertiary/aromatic N) is 3. The highest BCUT2D eigenvalue weighted by molar-refractivity contribution is 5.99. The summed E-state index contributed by atoms with van der Waals surface area (Å²) in [5.41, 5.74) is 5.09. The van der Waals surface area contributed by atoms with Gasteiger partial charge in [0.25, 0.3) is 5.91 Å². The highest BCUT2D eigenvalue weighted by Gasteiger charge is 2.21. The molecule has 5 aromatic rings. The van der Waals surface area contributed by atoms with E-state index in [0.717, 1.165) is 46.7 Å². The van der Waals surface area contributed by atoms with Crippen molar-refractivity contribution in [3.63, 3.8) is 0 Å². The molecule has 0 saturated carbocycles. The number of unbranched alkanes of at least 4 members (excludes halogenated alkanes) is 1. The number of benzene rings is 4. The molecule has 0 aliphatic carbocycles. The number of nitrogens with one attached hydrogen (secondary N) is 1. The third-order valence-electron chi connectivity index (χ3n) is 7.01. The van der Waals surface area contributed by atoms with Crippen molar-refractivity contribution in [2.75, 3.05) is 25.5 Å². The van der Waals surface area contributed by atoms with Gasteiger partial charge in [-0.3, -0.25) is 9.59 Å². The van der Waals surface area contributed by atoms with Crippen LogP contribution in [-0.4, -0.2) is 46.7 Å². The Morgan fingerprint density at radius 1 is 0.810 bits per heavy atom. The maximum Gasteiger partial charge on any atom is 0.254 e. The normalized spacial score (nSPS) is 10.7. The number of anilines is 1. The number of methoxy groups -OCH3 is 1. The SMILES string of the molecule is CCCCN(CC(=O)Nc1cc(-c2ccccc2)nn1-c1ccc(OC)cc1)C(=O)c1ccc(-c2ccccc2)cc1. The Morgan fingerprint density at radius 3 is 2.05 bits per heavy atom. The molecule has 0 spiro atoms. The molecular formula is C35H34N4O3. The van der Waals surface area contributed by atoms with Gasteiger partial charge in [0.05, 0.1) is 18.5 Å². The lowest BCUT2D eigenvalue weighted by Gasteiger charge is -2.22. The lowest BCUT2D eigenvalue weighted by molar-refractivity contribution is -0.117. The Hall–Kier alpha value is -5.17. The number of rotatable bonds is 11. The van der Waals surface area contributed by atoms with Gasteiger partial charge in [-0.2, -0.15) is 5.10 Å². The lowest BCUT2D eigenvalue weighted by atomic mass is 10.0. The van der Waals surface area contributed by atoms with Crippen LogP contribution in [0.15, 0.2) is 115 Å². The summed E-state index contributed by atoms with van der Waals surface area (Å²) in [5, 5.41) is 7.79. The Balaban J connectivity index is 1.37. The molecule has 1 N–H and O–H groups in total. The average molecular weight is 559 g/mol. The molecule has 2 amide bonds. The maximum absolute atomic E-state index is 13.5. The topological polar surface area (TPSA) is 76.5 Å². The van der Waals surface area contributed by atoms with E-state index in [0.29, 0.717) is 17.9 Å². The van der Waals surface area contributed by atoms with Crippen molar-refractivity contribution in [2.24, 2.45) is 0 Å². The summed E-state index contributed by atoms with van der Waals surface area (Å²) in [6.07, 6.45) is 1.70. The van der Waals surface area contributed by atoms with Crippen molar-refractivity contribution >= 4 is 17.6 Å². The van der Waals surface area contributed by atoms with Crippen LogP contribution in [0.4, 0.5) is 5.82 Å². The minimum atomic E-state index is -0.297. The van der Waals surface area contributed by atoms with Gasteiger partial charge in [0, 0.05) is 23.7 Å². The molecule has 1 aromatic heterocycles. The molecule has 0 radical (unpaired) electrons. The smallest absolute Gasteiger partial charge is 0.254 e. The van der Waals surface area contributed by atoms with Crippen molar-refractivity contribution < 1.29 is 14.3 Å². The largest absolute Gasteiger partial charge is 0.497 e. The van der Waals surface area contributed by atoms with Crippen molar-refractivity contribution in [2.45, 2.75) is 19.8 Å². The lowest BCUT2D eigenvalue weighted by Crippen LogP contribution is -2.39. The van der Waals surface area contributed by atoms with E-state index in [9.17, 15) is 9.59 Å². The standard InChI is InChI=1S/C35H34N4O3/c1-3-4-23-38(35(41)29-17-15-27(16-18-29)26-11-7-5-8-12-26)25-34(40)36-33-24-32(28-13-9-6-10-14-28)37-39(33)30-19-21-31(42-2)22-20-30/h5-22,24H,3-4,23,25H2,1-2H3,(H,36,40). The third kappa shape index (κ3) is 6.75. The average Bonchev–Trinajstić information content (AvgIpc) is 3.47. The van der Waals surface area contributed by atoms with E-state index in [1.807, 2.05) is 115 Å². The minimum Gasteiger partial charge on any atom is -0.497 e. The third-order valence-corrected chi connectivity index (χ3v) is 7.01. The first-order valence-electron chi connectivity index (χ1n) is 14.1. The predicted molar refractivity (Wildman–Crippen MR) is 167 cm³/mol. The quantitative estimate of drug-likeness (QED) is 0.188. The van der Waals surface area contributed by atoms with Crippen molar-refractivity contribution in [3.05, 3.63) is 121 Å². The van der Waals surface area contributed by atoms with Gasteiger partial charge in [-0.25, -0.2) is 4.68 Å². The molecule has 7 nitrogen and oxygen atoms in total. The van der Waals surface area contributed by atoms with Crippen LogP contribution in [0, 0.1) is 0 Å². The zero-order valence-corrected chi connectivity index (χ0v) is 23.9. The first-order chi connectivity index (χ1) is 20.6. The number of ether oxygens (including phenoxy) is 1. The minimum absolute atomic E-state index is 0.0757. The first-order valence-corrected chi connectivity index (χ1v) is 14.1.